The second-order valence-electron chi connectivity index (χ2n) is 1.70. The molecule has 0 aliphatic carbocycles. The third-order valence-electron chi connectivity index (χ3n) is 1.06. The average molecular weight is 162 g/mol. The van der Waals surface area contributed by atoms with Crippen LogP contribution in [0.5, 0.6) is 0 Å². The fourth-order valence-corrected chi connectivity index (χ4v) is 0.607. The molecule has 4 nitrogen and oxygen atoms in total. The summed E-state index contributed by atoms with van der Waals surface area (Å²) in [5, 5.41) is 21.0. The van der Waals surface area contributed by atoms with Gasteiger partial charge in [-0.2, -0.15) is 0 Å². The van der Waals surface area contributed by atoms with E-state index in [2.05, 4.69) is 5.28 Å². The maximum atomic E-state index is 10.5. The molecule has 0 saturated carbocycles. The van der Waals surface area contributed by atoms with E-state index in [0.717, 1.165) is 0 Å². The molecule has 0 aliphatic rings. The van der Waals surface area contributed by atoms with E-state index >= 15 is 0 Å². The van der Waals surface area contributed by atoms with Crippen LogP contribution in [0.4, 0.5) is 5.69 Å². The first kappa shape index (κ1) is 10.4. The Bertz CT molecular complexity index is 243. The maximum Gasteiger partial charge on any atom is 1.00 e. The number of nitrogens with zero attached hydrogens (tertiary/aromatic N) is 2. The normalized spacial score (nSPS) is 10.4. The van der Waals surface area contributed by atoms with Gasteiger partial charge in [-0.3, -0.25) is 0 Å². The van der Waals surface area contributed by atoms with E-state index in [1.165, 1.54) is 0 Å². The predicted molar refractivity (Wildman–Crippen MR) is 35.1 cm³/mol. The van der Waals surface area contributed by atoms with Crippen molar-refractivity contribution in [3.8, 4) is 0 Å². The summed E-state index contributed by atoms with van der Waals surface area (Å²) in [5.74, 6) is 0. The number of benzene rings is 1. The first-order chi connectivity index (χ1) is 4.84. The van der Waals surface area contributed by atoms with Crippen molar-refractivity contribution in [2.24, 2.45) is 5.28 Å². The van der Waals surface area contributed by atoms with Crippen LogP contribution in [0.25, 0.3) is 0 Å². The van der Waals surface area contributed by atoms with E-state index in [-0.39, 0.29) is 35.8 Å². The zero-order valence-electron chi connectivity index (χ0n) is 7.14. The Morgan fingerprint density at radius 1 is 1.36 bits per heavy atom. The summed E-state index contributed by atoms with van der Waals surface area (Å²) in [5.41, 5.74) is 0.310. The van der Waals surface area contributed by atoms with E-state index in [1.54, 1.807) is 30.3 Å². The minimum absolute atomic E-state index is 0. The first-order valence-corrected chi connectivity index (χ1v) is 2.72. The fourth-order valence-electron chi connectivity index (χ4n) is 0.607. The van der Waals surface area contributed by atoms with Crippen LogP contribution in [0.2, 0.25) is 0 Å². The van der Waals surface area contributed by atoms with Crippen molar-refractivity contribution in [2.45, 2.75) is 0 Å². The molecule has 0 spiro atoms. The van der Waals surface area contributed by atoms with Gasteiger partial charge in [-0.05, 0) is 4.86 Å². The molecule has 0 atom stereocenters. The van der Waals surface area contributed by atoms with E-state index in [9.17, 15) is 5.21 Å². The van der Waals surface area contributed by atoms with Crippen LogP contribution in [0, 0.1) is 5.21 Å². The molecule has 54 valence electrons. The van der Waals surface area contributed by atoms with Gasteiger partial charge in [0.05, 0.1) is 0 Å². The molecule has 0 aliphatic heterocycles. The van der Waals surface area contributed by atoms with Crippen LogP contribution >= 0.6 is 0 Å². The predicted octanol–water partition coefficient (Wildman–Crippen LogP) is -1.21. The SMILES string of the molecule is [H-].[Na+].[O-][N+](=NO)c1ccccc1. The van der Waals surface area contributed by atoms with Crippen LogP contribution in [0.3, 0.4) is 0 Å². The standard InChI is InChI=1S/C6H6N2O2.Na.H/c9-7-8(10)6-4-2-1-3-5-6;;/h1-5,9H;;/q;+1;-1. The van der Waals surface area contributed by atoms with Crippen LogP contribution < -0.4 is 29.6 Å². The maximum absolute atomic E-state index is 10.5. The number of rotatable bonds is 1. The molecule has 1 N–H and O–H groups in total. The van der Waals surface area contributed by atoms with E-state index in [0.29, 0.717) is 5.69 Å². The minimum Gasteiger partial charge on any atom is -1.00 e. The number of para-hydroxylation sites is 1. The molecular weight excluding hydrogens is 155 g/mol. The van der Waals surface area contributed by atoms with Gasteiger partial charge in [0, 0.05) is 12.1 Å². The first-order valence-electron chi connectivity index (χ1n) is 2.72. The summed E-state index contributed by atoms with van der Waals surface area (Å²) in [6.45, 7) is 0. The molecule has 0 radical (unpaired) electrons. The van der Waals surface area contributed by atoms with E-state index < -0.39 is 0 Å². The smallest absolute Gasteiger partial charge is 1.00 e. The molecular formula is C6H7N2NaO2. The summed E-state index contributed by atoms with van der Waals surface area (Å²) in [6.07, 6.45) is 0. The molecule has 0 heterocycles. The van der Waals surface area contributed by atoms with Gasteiger partial charge in [-0.15, -0.1) is 0 Å². The monoisotopic (exact) mass is 162 g/mol. The van der Waals surface area contributed by atoms with Crippen molar-refractivity contribution in [3.63, 3.8) is 0 Å². The summed E-state index contributed by atoms with van der Waals surface area (Å²) >= 11 is 0. The van der Waals surface area contributed by atoms with Crippen LogP contribution in [-0.2, 0) is 0 Å². The summed E-state index contributed by atoms with van der Waals surface area (Å²) in [7, 11) is 0. The van der Waals surface area contributed by atoms with Gasteiger partial charge in [0.25, 0.3) is 0 Å². The zero-order valence-corrected chi connectivity index (χ0v) is 8.14. The zero-order chi connectivity index (χ0) is 7.40. The Balaban J connectivity index is 0. The van der Waals surface area contributed by atoms with Crippen molar-refractivity contribution < 1.29 is 41.1 Å². The molecule has 1 aromatic carbocycles. The molecule has 11 heavy (non-hydrogen) atoms. The van der Waals surface area contributed by atoms with Crippen molar-refractivity contribution in [1.29, 1.82) is 0 Å². The quantitative estimate of drug-likeness (QED) is 0.244. The second-order valence-corrected chi connectivity index (χ2v) is 1.70. The van der Waals surface area contributed by atoms with Gasteiger partial charge in [0.2, 0.25) is 11.0 Å². The fraction of sp³-hybridized carbons (Fsp3) is 0. The van der Waals surface area contributed by atoms with Crippen molar-refractivity contribution in [2.75, 3.05) is 0 Å². The van der Waals surface area contributed by atoms with Gasteiger partial charge in [-0.25, -0.2) is 0 Å². The Morgan fingerprint density at radius 3 is 2.36 bits per heavy atom. The third-order valence-corrected chi connectivity index (χ3v) is 1.06. The van der Waals surface area contributed by atoms with Gasteiger partial charge in [-0.1, -0.05) is 18.2 Å². The molecule has 0 bridgehead atoms. The Morgan fingerprint density at radius 2 is 1.91 bits per heavy atom. The van der Waals surface area contributed by atoms with Crippen LogP contribution in [-0.4, -0.2) is 10.1 Å². The molecule has 0 saturated heterocycles. The van der Waals surface area contributed by atoms with Gasteiger partial charge in [0.1, 0.15) is 0 Å². The molecule has 0 fully saturated rings. The Hall–Kier alpha value is -0.580. The second kappa shape index (κ2) is 5.12. The molecule has 0 unspecified atom stereocenters. The summed E-state index contributed by atoms with van der Waals surface area (Å²) in [4.78, 5) is 0.139. The van der Waals surface area contributed by atoms with Gasteiger partial charge < -0.3 is 11.8 Å². The Labute approximate surface area is 87.5 Å². The van der Waals surface area contributed by atoms with Crippen molar-refractivity contribution in [3.05, 3.63) is 35.5 Å². The van der Waals surface area contributed by atoms with E-state index in [1.807, 2.05) is 0 Å². The molecule has 0 amide bonds. The van der Waals surface area contributed by atoms with Crippen LogP contribution in [0.15, 0.2) is 35.6 Å². The molecule has 5 heteroatoms. The summed E-state index contributed by atoms with van der Waals surface area (Å²) < 4.78 is 0. The van der Waals surface area contributed by atoms with Gasteiger partial charge in [0.15, 0.2) is 0 Å². The number of hydrogen-bond acceptors (Lipinski definition) is 2. The van der Waals surface area contributed by atoms with Gasteiger partial charge >= 0.3 is 29.6 Å². The third kappa shape index (κ3) is 2.88. The van der Waals surface area contributed by atoms with Crippen molar-refractivity contribution in [1.82, 2.24) is 0 Å². The topological polar surface area (TPSA) is 58.7 Å². The Kier molecular flexibility index (Phi) is 4.85. The molecule has 0 aromatic heterocycles. The molecule has 1 aromatic rings. The average Bonchev–Trinajstić information content (AvgIpc) is 2.05. The van der Waals surface area contributed by atoms with Crippen LogP contribution in [0.1, 0.15) is 1.43 Å². The largest absolute Gasteiger partial charge is 1.00 e. The molecule has 1 rings (SSSR count). The van der Waals surface area contributed by atoms with Crippen molar-refractivity contribution >= 4 is 5.69 Å². The number of hydrogen-bond donors (Lipinski definition) is 1. The summed E-state index contributed by atoms with van der Waals surface area (Å²) in [6, 6.07) is 8.24. The minimum atomic E-state index is 0. The van der Waals surface area contributed by atoms with E-state index in [4.69, 9.17) is 5.21 Å².